The van der Waals surface area contributed by atoms with Crippen molar-refractivity contribution in [3.8, 4) is 5.00 Å². The summed E-state index contributed by atoms with van der Waals surface area (Å²) in [7, 11) is -3.12. The van der Waals surface area contributed by atoms with E-state index in [9.17, 15) is 13.2 Å². The molecule has 0 saturated carbocycles. The van der Waals surface area contributed by atoms with Crippen LogP contribution in [0.15, 0.2) is 22.3 Å². The molecule has 2 aromatic rings. The molecule has 7 nitrogen and oxygen atoms in total. The van der Waals surface area contributed by atoms with Crippen molar-refractivity contribution in [2.24, 2.45) is 5.92 Å². The summed E-state index contributed by atoms with van der Waals surface area (Å²) >= 11 is 1.50. The number of hydrogen-bond donors (Lipinski definition) is 1. The predicted molar refractivity (Wildman–Crippen MR) is 98.8 cm³/mol. The van der Waals surface area contributed by atoms with Crippen LogP contribution >= 0.6 is 11.3 Å². The zero-order valence-electron chi connectivity index (χ0n) is 14.3. The van der Waals surface area contributed by atoms with E-state index < -0.39 is 10.0 Å². The minimum atomic E-state index is -3.12. The quantitative estimate of drug-likeness (QED) is 0.791. The second kappa shape index (κ2) is 7.84. The zero-order valence-corrected chi connectivity index (χ0v) is 16.0. The van der Waals surface area contributed by atoms with E-state index in [4.69, 9.17) is 0 Å². The van der Waals surface area contributed by atoms with E-state index in [-0.39, 0.29) is 11.4 Å². The first-order valence-electron chi connectivity index (χ1n) is 8.69. The van der Waals surface area contributed by atoms with Gasteiger partial charge < -0.3 is 0 Å². The lowest BCUT2D eigenvalue weighted by Gasteiger charge is -2.31. The van der Waals surface area contributed by atoms with E-state index in [1.165, 1.54) is 11.3 Å². The van der Waals surface area contributed by atoms with Gasteiger partial charge in [-0.15, -0.1) is 11.3 Å². The number of aromatic amines is 1. The third-order valence-corrected chi connectivity index (χ3v) is 7.47. The molecule has 0 bridgehead atoms. The standard InChI is InChI=1S/C16H24N4O3S2/c1-2-3-11-25(22,23)19-8-6-13(7-9-19)12-14-17-18-16(21)20(14)15-5-4-10-24-15/h4-5,10,13H,2-3,6-9,11-12H2,1H3,(H,18,21). The summed E-state index contributed by atoms with van der Waals surface area (Å²) in [5.41, 5.74) is -0.225. The summed E-state index contributed by atoms with van der Waals surface area (Å²) in [6.45, 7) is 3.12. The second-order valence-corrected chi connectivity index (χ2v) is 9.46. The number of unbranched alkanes of at least 4 members (excludes halogenated alkanes) is 1. The molecule has 1 N–H and O–H groups in total. The fraction of sp³-hybridized carbons (Fsp3) is 0.625. The molecule has 0 radical (unpaired) electrons. The van der Waals surface area contributed by atoms with Crippen molar-refractivity contribution in [2.45, 2.75) is 39.0 Å². The number of H-pyrrole nitrogens is 1. The molecule has 3 rings (SSSR count). The van der Waals surface area contributed by atoms with Gasteiger partial charge in [0.15, 0.2) is 0 Å². The van der Waals surface area contributed by atoms with Gasteiger partial charge in [0.05, 0.1) is 5.75 Å². The third-order valence-electron chi connectivity index (χ3n) is 4.66. The van der Waals surface area contributed by atoms with Gasteiger partial charge in [0.2, 0.25) is 10.0 Å². The topological polar surface area (TPSA) is 88.1 Å². The lowest BCUT2D eigenvalue weighted by atomic mass is 9.94. The van der Waals surface area contributed by atoms with Gasteiger partial charge in [0.25, 0.3) is 0 Å². The van der Waals surface area contributed by atoms with Crippen molar-refractivity contribution in [1.29, 1.82) is 0 Å². The Bertz CT molecular complexity index is 831. The average molecular weight is 385 g/mol. The number of nitrogens with one attached hydrogen (secondary N) is 1. The number of aromatic nitrogens is 3. The van der Waals surface area contributed by atoms with Crippen molar-refractivity contribution < 1.29 is 8.42 Å². The Kier molecular flexibility index (Phi) is 5.75. The molecule has 3 heterocycles. The van der Waals surface area contributed by atoms with Gasteiger partial charge in [0, 0.05) is 19.5 Å². The average Bonchev–Trinajstić information content (AvgIpc) is 3.23. The molecule has 0 atom stereocenters. The van der Waals surface area contributed by atoms with Gasteiger partial charge in [-0.25, -0.2) is 27.2 Å². The van der Waals surface area contributed by atoms with Crippen LogP contribution in [0.2, 0.25) is 0 Å². The number of hydrogen-bond acceptors (Lipinski definition) is 5. The molecule has 1 fully saturated rings. The van der Waals surface area contributed by atoms with Gasteiger partial charge in [-0.05, 0) is 42.7 Å². The van der Waals surface area contributed by atoms with Crippen LogP contribution in [-0.4, -0.2) is 46.3 Å². The Labute approximate surface area is 151 Å². The monoisotopic (exact) mass is 384 g/mol. The van der Waals surface area contributed by atoms with E-state index in [1.807, 2.05) is 24.4 Å². The van der Waals surface area contributed by atoms with Crippen molar-refractivity contribution in [2.75, 3.05) is 18.8 Å². The summed E-state index contributed by atoms with van der Waals surface area (Å²) in [6, 6.07) is 3.80. The molecule has 25 heavy (non-hydrogen) atoms. The maximum absolute atomic E-state index is 12.3. The summed E-state index contributed by atoms with van der Waals surface area (Å²) < 4.78 is 27.8. The van der Waals surface area contributed by atoms with Crippen molar-refractivity contribution in [3.05, 3.63) is 33.8 Å². The summed E-state index contributed by atoms with van der Waals surface area (Å²) in [6.07, 6.45) is 3.88. The lowest BCUT2D eigenvalue weighted by Crippen LogP contribution is -2.40. The first-order chi connectivity index (χ1) is 12.0. The highest BCUT2D eigenvalue weighted by atomic mass is 32.2. The molecule has 0 amide bonds. The molecule has 2 aromatic heterocycles. The Balaban J connectivity index is 1.63. The number of nitrogens with zero attached hydrogens (tertiary/aromatic N) is 3. The molecular formula is C16H24N4O3S2. The van der Waals surface area contributed by atoms with Gasteiger partial charge >= 0.3 is 5.69 Å². The van der Waals surface area contributed by atoms with Gasteiger partial charge in [-0.3, -0.25) is 0 Å². The molecular weight excluding hydrogens is 360 g/mol. The molecule has 0 spiro atoms. The van der Waals surface area contributed by atoms with Crippen LogP contribution in [0.3, 0.4) is 0 Å². The van der Waals surface area contributed by atoms with Crippen LogP contribution in [-0.2, 0) is 16.4 Å². The Morgan fingerprint density at radius 3 is 2.76 bits per heavy atom. The van der Waals surface area contributed by atoms with Crippen LogP contribution in [0.5, 0.6) is 0 Å². The normalized spacial score (nSPS) is 17.2. The summed E-state index contributed by atoms with van der Waals surface area (Å²) in [5.74, 6) is 1.30. The second-order valence-electron chi connectivity index (χ2n) is 6.45. The van der Waals surface area contributed by atoms with Crippen LogP contribution in [0.4, 0.5) is 0 Å². The van der Waals surface area contributed by atoms with Crippen molar-refractivity contribution in [3.63, 3.8) is 0 Å². The van der Waals surface area contributed by atoms with Gasteiger partial charge in [-0.2, -0.15) is 5.10 Å². The fourth-order valence-corrected chi connectivity index (χ4v) is 5.62. The van der Waals surface area contributed by atoms with Crippen LogP contribution < -0.4 is 5.69 Å². The minimum Gasteiger partial charge on any atom is -0.246 e. The maximum atomic E-state index is 12.3. The van der Waals surface area contributed by atoms with Crippen LogP contribution in [0.25, 0.3) is 5.00 Å². The molecule has 9 heteroatoms. The smallest absolute Gasteiger partial charge is 0.246 e. The maximum Gasteiger partial charge on any atom is 0.348 e. The van der Waals surface area contributed by atoms with E-state index in [0.717, 1.165) is 30.1 Å². The Hall–Kier alpha value is -1.45. The highest BCUT2D eigenvalue weighted by molar-refractivity contribution is 7.89. The van der Waals surface area contributed by atoms with Gasteiger partial charge in [0.1, 0.15) is 10.8 Å². The van der Waals surface area contributed by atoms with Gasteiger partial charge in [-0.1, -0.05) is 13.3 Å². The molecule has 1 aliphatic rings. The van der Waals surface area contributed by atoms with E-state index in [0.29, 0.717) is 31.8 Å². The van der Waals surface area contributed by atoms with E-state index >= 15 is 0 Å². The van der Waals surface area contributed by atoms with Crippen molar-refractivity contribution >= 4 is 21.4 Å². The largest absolute Gasteiger partial charge is 0.348 e. The number of rotatable bonds is 7. The number of thiophene rings is 1. The number of sulfonamides is 1. The first kappa shape index (κ1) is 18.3. The number of piperidine rings is 1. The van der Waals surface area contributed by atoms with E-state index in [2.05, 4.69) is 10.2 Å². The molecule has 0 aliphatic carbocycles. The molecule has 138 valence electrons. The zero-order chi connectivity index (χ0) is 17.9. The highest BCUT2D eigenvalue weighted by Gasteiger charge is 2.28. The fourth-order valence-electron chi connectivity index (χ4n) is 3.20. The van der Waals surface area contributed by atoms with Crippen LogP contribution in [0.1, 0.15) is 38.4 Å². The molecule has 1 saturated heterocycles. The molecule has 0 aromatic carbocycles. The minimum absolute atomic E-state index is 0.225. The Morgan fingerprint density at radius 1 is 1.36 bits per heavy atom. The highest BCUT2D eigenvalue weighted by Crippen LogP contribution is 2.24. The Morgan fingerprint density at radius 2 is 2.12 bits per heavy atom. The lowest BCUT2D eigenvalue weighted by molar-refractivity contribution is 0.269. The first-order valence-corrected chi connectivity index (χ1v) is 11.2. The van der Waals surface area contributed by atoms with E-state index in [1.54, 1.807) is 8.87 Å². The third kappa shape index (κ3) is 4.21. The molecule has 1 aliphatic heterocycles. The van der Waals surface area contributed by atoms with Crippen LogP contribution in [0, 0.1) is 5.92 Å². The molecule has 0 unspecified atom stereocenters. The predicted octanol–water partition coefficient (Wildman–Crippen LogP) is 2.01. The van der Waals surface area contributed by atoms with Crippen molar-refractivity contribution in [1.82, 2.24) is 19.1 Å². The SMILES string of the molecule is CCCCS(=O)(=O)N1CCC(Cc2n[nH]c(=O)n2-c2cccs2)CC1. The summed E-state index contributed by atoms with van der Waals surface area (Å²) in [5, 5.41) is 9.49. The summed E-state index contributed by atoms with van der Waals surface area (Å²) in [4.78, 5) is 12.0.